The molecule has 2 atom stereocenters. The van der Waals surface area contributed by atoms with Gasteiger partial charge in [0.2, 0.25) is 5.76 Å². The molecule has 1 aromatic rings. The van der Waals surface area contributed by atoms with E-state index in [-0.39, 0.29) is 24.0 Å². The fourth-order valence-electron chi connectivity index (χ4n) is 3.03. The smallest absolute Gasteiger partial charge is 0.290 e. The molecule has 2 rings (SSSR count). The van der Waals surface area contributed by atoms with Gasteiger partial charge in [0, 0.05) is 18.7 Å². The van der Waals surface area contributed by atoms with Crippen molar-refractivity contribution in [1.29, 1.82) is 0 Å². The number of hydrogen-bond donors (Lipinski definition) is 1. The highest BCUT2D eigenvalue weighted by molar-refractivity contribution is 5.91. The highest BCUT2D eigenvalue weighted by atomic mass is 16.5. The van der Waals surface area contributed by atoms with Gasteiger partial charge in [-0.2, -0.15) is 0 Å². The average molecular weight is 308 g/mol. The predicted octanol–water partition coefficient (Wildman–Crippen LogP) is 3.51. The van der Waals surface area contributed by atoms with Gasteiger partial charge in [-0.3, -0.25) is 4.79 Å². The minimum absolute atomic E-state index is 0.152. The lowest BCUT2D eigenvalue weighted by Gasteiger charge is -2.34. The molecule has 1 fully saturated rings. The molecule has 124 valence electrons. The maximum Gasteiger partial charge on any atom is 0.290 e. The van der Waals surface area contributed by atoms with E-state index in [1.807, 2.05) is 13.8 Å². The Morgan fingerprint density at radius 2 is 2.14 bits per heavy atom. The van der Waals surface area contributed by atoms with Crippen molar-refractivity contribution in [3.8, 4) is 0 Å². The van der Waals surface area contributed by atoms with Crippen LogP contribution >= 0.6 is 0 Å². The number of rotatable bonds is 6. The molecule has 1 aromatic heterocycles. The Balaban J connectivity index is 1.93. The minimum atomic E-state index is -0.172. The maximum atomic E-state index is 12.3. The zero-order valence-electron chi connectivity index (χ0n) is 14.1. The first-order chi connectivity index (χ1) is 10.5. The van der Waals surface area contributed by atoms with Gasteiger partial charge in [0.05, 0.1) is 11.8 Å². The second kappa shape index (κ2) is 7.77. The van der Waals surface area contributed by atoms with Crippen molar-refractivity contribution in [3.63, 3.8) is 0 Å². The van der Waals surface area contributed by atoms with E-state index in [0.29, 0.717) is 18.3 Å². The zero-order chi connectivity index (χ0) is 16.1. The van der Waals surface area contributed by atoms with Gasteiger partial charge in [0.25, 0.3) is 5.91 Å². The molecule has 5 heteroatoms. The molecule has 0 saturated carbocycles. The molecule has 0 spiro atoms. The van der Waals surface area contributed by atoms with Crippen LogP contribution in [-0.4, -0.2) is 29.8 Å². The number of amides is 1. The third-order valence-electron chi connectivity index (χ3n) is 4.57. The fraction of sp³-hybridized carbons (Fsp3) is 0.765. The summed E-state index contributed by atoms with van der Waals surface area (Å²) >= 11 is 0. The van der Waals surface area contributed by atoms with Crippen LogP contribution in [0.4, 0.5) is 0 Å². The van der Waals surface area contributed by atoms with Gasteiger partial charge >= 0.3 is 0 Å². The molecule has 1 aliphatic heterocycles. The van der Waals surface area contributed by atoms with E-state index in [1.165, 1.54) is 0 Å². The monoisotopic (exact) mass is 308 g/mol. The largest absolute Gasteiger partial charge is 0.378 e. The van der Waals surface area contributed by atoms with Crippen molar-refractivity contribution in [3.05, 3.63) is 17.5 Å². The van der Waals surface area contributed by atoms with Gasteiger partial charge in [-0.15, -0.1) is 0 Å². The third-order valence-corrected chi connectivity index (χ3v) is 4.57. The van der Waals surface area contributed by atoms with Crippen molar-refractivity contribution in [1.82, 2.24) is 10.5 Å². The highest BCUT2D eigenvalue weighted by Crippen LogP contribution is 2.25. The van der Waals surface area contributed by atoms with Crippen LogP contribution in [0.3, 0.4) is 0 Å². The van der Waals surface area contributed by atoms with Gasteiger partial charge in [0.1, 0.15) is 0 Å². The molecule has 1 saturated heterocycles. The Kier molecular flexibility index (Phi) is 6.00. The lowest BCUT2D eigenvalue weighted by molar-refractivity contribution is -0.0338. The van der Waals surface area contributed by atoms with E-state index < -0.39 is 0 Å². The summed E-state index contributed by atoms with van der Waals surface area (Å²) in [4.78, 5) is 12.3. The van der Waals surface area contributed by atoms with E-state index in [2.05, 4.69) is 24.3 Å². The third kappa shape index (κ3) is 4.09. The van der Waals surface area contributed by atoms with Crippen LogP contribution in [0.15, 0.2) is 10.6 Å². The summed E-state index contributed by atoms with van der Waals surface area (Å²) in [7, 11) is 0. The molecule has 0 bridgehead atoms. The SMILES string of the molecule is CCC(CC)C1CC(NC(=O)c2cc(C(C)C)no2)CCO1. The van der Waals surface area contributed by atoms with Gasteiger partial charge in [0.15, 0.2) is 0 Å². The molecule has 5 nitrogen and oxygen atoms in total. The van der Waals surface area contributed by atoms with Crippen LogP contribution < -0.4 is 5.32 Å². The van der Waals surface area contributed by atoms with Crippen molar-refractivity contribution in [2.75, 3.05) is 6.61 Å². The fourth-order valence-corrected chi connectivity index (χ4v) is 3.03. The molecule has 0 aliphatic carbocycles. The quantitative estimate of drug-likeness (QED) is 0.873. The van der Waals surface area contributed by atoms with Gasteiger partial charge < -0.3 is 14.6 Å². The number of aromatic nitrogens is 1. The lowest BCUT2D eigenvalue weighted by atomic mass is 9.89. The number of carbonyl (C=O) groups is 1. The Morgan fingerprint density at radius 1 is 1.41 bits per heavy atom. The van der Waals surface area contributed by atoms with Crippen LogP contribution in [0.25, 0.3) is 0 Å². The second-order valence-electron chi connectivity index (χ2n) is 6.45. The summed E-state index contributed by atoms with van der Waals surface area (Å²) in [5.74, 6) is 0.953. The van der Waals surface area contributed by atoms with Gasteiger partial charge in [-0.1, -0.05) is 45.7 Å². The van der Waals surface area contributed by atoms with E-state index in [4.69, 9.17) is 9.26 Å². The van der Waals surface area contributed by atoms with Gasteiger partial charge in [-0.25, -0.2) is 0 Å². The number of carbonyl (C=O) groups excluding carboxylic acids is 1. The molecular weight excluding hydrogens is 280 g/mol. The summed E-state index contributed by atoms with van der Waals surface area (Å²) in [6, 6.07) is 1.89. The van der Waals surface area contributed by atoms with Crippen LogP contribution in [0.5, 0.6) is 0 Å². The lowest BCUT2D eigenvalue weighted by Crippen LogP contribution is -2.44. The molecule has 1 aliphatic rings. The summed E-state index contributed by atoms with van der Waals surface area (Å²) < 4.78 is 11.0. The summed E-state index contributed by atoms with van der Waals surface area (Å²) in [6.07, 6.45) is 4.20. The van der Waals surface area contributed by atoms with Crippen molar-refractivity contribution >= 4 is 5.91 Å². The predicted molar refractivity (Wildman–Crippen MR) is 84.9 cm³/mol. The Morgan fingerprint density at radius 3 is 2.73 bits per heavy atom. The minimum Gasteiger partial charge on any atom is -0.378 e. The Labute approximate surface area is 132 Å². The van der Waals surface area contributed by atoms with Crippen molar-refractivity contribution in [2.45, 2.75) is 71.4 Å². The topological polar surface area (TPSA) is 64.4 Å². The standard InChI is InChI=1S/C17H28N2O3/c1-5-12(6-2)15-9-13(7-8-21-15)18-17(20)16-10-14(11(3)4)19-22-16/h10-13,15H,5-9H2,1-4H3,(H,18,20). The van der Waals surface area contributed by atoms with Crippen LogP contribution in [-0.2, 0) is 4.74 Å². The Hall–Kier alpha value is -1.36. The van der Waals surface area contributed by atoms with Crippen LogP contribution in [0.1, 0.15) is 75.5 Å². The van der Waals surface area contributed by atoms with E-state index in [9.17, 15) is 4.79 Å². The van der Waals surface area contributed by atoms with Crippen LogP contribution in [0, 0.1) is 5.92 Å². The summed E-state index contributed by atoms with van der Waals surface area (Å²) in [6.45, 7) is 9.15. The zero-order valence-corrected chi connectivity index (χ0v) is 14.1. The van der Waals surface area contributed by atoms with Gasteiger partial charge in [-0.05, 0) is 24.7 Å². The molecule has 2 heterocycles. The molecular formula is C17H28N2O3. The first kappa shape index (κ1) is 17.0. The molecule has 22 heavy (non-hydrogen) atoms. The van der Waals surface area contributed by atoms with Crippen molar-refractivity contribution in [2.24, 2.45) is 5.92 Å². The van der Waals surface area contributed by atoms with E-state index in [0.717, 1.165) is 31.4 Å². The Bertz CT molecular complexity index is 480. The molecule has 2 unspecified atom stereocenters. The van der Waals surface area contributed by atoms with Crippen molar-refractivity contribution < 1.29 is 14.1 Å². The average Bonchev–Trinajstić information content (AvgIpc) is 2.99. The van der Waals surface area contributed by atoms with E-state index >= 15 is 0 Å². The highest BCUT2D eigenvalue weighted by Gasteiger charge is 2.29. The first-order valence-corrected chi connectivity index (χ1v) is 8.44. The number of nitrogens with one attached hydrogen (secondary N) is 1. The normalized spacial score (nSPS) is 22.3. The number of ether oxygens (including phenoxy) is 1. The van der Waals surface area contributed by atoms with Crippen LogP contribution in [0.2, 0.25) is 0 Å². The number of hydrogen-bond acceptors (Lipinski definition) is 4. The summed E-state index contributed by atoms with van der Waals surface area (Å²) in [5.41, 5.74) is 0.812. The number of nitrogens with zero attached hydrogens (tertiary/aromatic N) is 1. The maximum absolute atomic E-state index is 12.3. The summed E-state index contributed by atoms with van der Waals surface area (Å²) in [5, 5.41) is 7.01. The second-order valence-corrected chi connectivity index (χ2v) is 6.45. The molecule has 0 radical (unpaired) electrons. The molecule has 1 amide bonds. The molecule has 1 N–H and O–H groups in total. The van der Waals surface area contributed by atoms with E-state index in [1.54, 1.807) is 6.07 Å². The first-order valence-electron chi connectivity index (χ1n) is 8.44. The molecule has 0 aromatic carbocycles.